The second-order valence-electron chi connectivity index (χ2n) is 12.2. The van der Waals surface area contributed by atoms with Crippen molar-refractivity contribution in [1.29, 1.82) is 0 Å². The van der Waals surface area contributed by atoms with Crippen molar-refractivity contribution in [3.63, 3.8) is 0 Å². The fourth-order valence-corrected chi connectivity index (χ4v) is 8.42. The van der Waals surface area contributed by atoms with Gasteiger partial charge in [-0.3, -0.25) is 9.69 Å². The van der Waals surface area contributed by atoms with Gasteiger partial charge >= 0.3 is 0 Å². The summed E-state index contributed by atoms with van der Waals surface area (Å²) in [6.07, 6.45) is 0.215. The van der Waals surface area contributed by atoms with Crippen molar-refractivity contribution < 1.29 is 40.6 Å². The number of anilines is 2. The zero-order valence-corrected chi connectivity index (χ0v) is 26.1. The van der Waals surface area contributed by atoms with Gasteiger partial charge in [0.15, 0.2) is 33.1 Å². The fraction of sp³-hybridized carbons (Fsp3) is 0.273. The molecule has 3 aromatic carbocycles. The fourth-order valence-electron chi connectivity index (χ4n) is 6.07. The average Bonchev–Trinajstić information content (AvgIpc) is 3.22. The van der Waals surface area contributed by atoms with Crippen molar-refractivity contribution in [3.05, 3.63) is 111 Å². The quantitative estimate of drug-likeness (QED) is 0.224. The number of aromatic hydroxyl groups is 1. The number of fused-ring (bicyclic) bond motifs is 1. The Bertz CT molecular complexity index is 2040. The molecule has 0 radical (unpaired) electrons. The number of nitrogens with one attached hydrogen (secondary N) is 1. The normalized spacial score (nSPS) is 18.3. The summed E-state index contributed by atoms with van der Waals surface area (Å²) in [5.41, 5.74) is -0.323. The van der Waals surface area contributed by atoms with Gasteiger partial charge in [-0.25, -0.2) is 26.6 Å². The van der Waals surface area contributed by atoms with Crippen LogP contribution in [0.15, 0.2) is 69.6 Å². The van der Waals surface area contributed by atoms with Crippen molar-refractivity contribution in [2.45, 2.75) is 46.8 Å². The van der Waals surface area contributed by atoms with E-state index in [0.717, 1.165) is 23.1 Å². The molecule has 2 aliphatic rings. The van der Waals surface area contributed by atoms with Gasteiger partial charge < -0.3 is 19.6 Å². The number of hydrogen-bond donors (Lipinski definition) is 2. The summed E-state index contributed by atoms with van der Waals surface area (Å²) >= 11 is 0. The molecule has 0 fully saturated rings. The molecular weight excluding hydrogens is 623 g/mol. The van der Waals surface area contributed by atoms with Crippen molar-refractivity contribution in [2.75, 3.05) is 16.0 Å². The zero-order chi connectivity index (χ0) is 33.1. The predicted octanol–water partition coefficient (Wildman–Crippen LogP) is 6.86. The third kappa shape index (κ3) is 5.59. The number of sulfone groups is 1. The van der Waals surface area contributed by atoms with E-state index in [0.29, 0.717) is 5.56 Å². The van der Waals surface area contributed by atoms with Crippen molar-refractivity contribution in [2.24, 2.45) is 5.41 Å². The van der Waals surface area contributed by atoms with Crippen LogP contribution in [0.5, 0.6) is 11.5 Å². The first-order chi connectivity index (χ1) is 21.6. The lowest BCUT2D eigenvalue weighted by Gasteiger charge is -2.37. The van der Waals surface area contributed by atoms with Gasteiger partial charge in [-0.1, -0.05) is 26.0 Å². The minimum Gasteiger partial charge on any atom is -0.506 e. The summed E-state index contributed by atoms with van der Waals surface area (Å²) in [4.78, 5) is 19.5. The van der Waals surface area contributed by atoms with Crippen LogP contribution >= 0.6 is 0 Å². The van der Waals surface area contributed by atoms with Gasteiger partial charge in [0, 0.05) is 24.3 Å². The standard InChI is InChI=1S/C33H30F3N3O6S/c1-17-28(37-18(2)45-17)32(41)39-26-6-5-7-27(40)29(26)38-25-14-33(3,4)16-46(42,43)31(25)30(39)21-10-9-20(13-23(21)35)44-15-19-8-11-22(34)24(36)12-19/h5-13,30,38,40H,14-16H2,1-4H3. The van der Waals surface area contributed by atoms with E-state index in [2.05, 4.69) is 10.3 Å². The molecule has 4 aromatic rings. The predicted molar refractivity (Wildman–Crippen MR) is 164 cm³/mol. The Hall–Kier alpha value is -4.78. The number of amides is 1. The number of halogens is 3. The Morgan fingerprint density at radius 2 is 1.85 bits per heavy atom. The molecule has 1 atom stereocenters. The number of rotatable bonds is 5. The number of allylic oxidation sites excluding steroid dienone is 1. The number of phenols is 1. The van der Waals surface area contributed by atoms with E-state index in [9.17, 15) is 27.1 Å². The SMILES string of the molecule is Cc1nc(C(=O)N2c3cccc(O)c3NC3=C(C2c2ccc(OCc4ccc(F)c(F)c4)cc2F)S(=O)(=O)CC(C)(C)C3)c(C)o1. The number of carbonyl (C=O) groups is 1. The summed E-state index contributed by atoms with van der Waals surface area (Å²) in [6.45, 7) is 6.45. The van der Waals surface area contributed by atoms with Gasteiger partial charge in [-0.2, -0.15) is 0 Å². The molecule has 240 valence electrons. The molecule has 0 spiro atoms. The Morgan fingerprint density at radius 3 is 2.52 bits per heavy atom. The number of oxazole rings is 1. The third-order valence-corrected chi connectivity index (χ3v) is 10.2. The summed E-state index contributed by atoms with van der Waals surface area (Å²) in [6, 6.07) is 9.85. The lowest BCUT2D eigenvalue weighted by atomic mass is 9.88. The van der Waals surface area contributed by atoms with Crippen LogP contribution in [0.2, 0.25) is 0 Å². The molecule has 0 bridgehead atoms. The van der Waals surface area contributed by atoms with Crippen LogP contribution in [0.4, 0.5) is 24.5 Å². The van der Waals surface area contributed by atoms with Gasteiger partial charge in [0.05, 0.1) is 16.3 Å². The highest BCUT2D eigenvalue weighted by Crippen LogP contribution is 2.52. The van der Waals surface area contributed by atoms with E-state index in [1.54, 1.807) is 20.8 Å². The first-order valence-electron chi connectivity index (χ1n) is 14.3. The van der Waals surface area contributed by atoms with Gasteiger partial charge in [0.2, 0.25) is 0 Å². The summed E-state index contributed by atoms with van der Waals surface area (Å²) in [5.74, 6) is -3.88. The molecule has 1 amide bonds. The lowest BCUT2D eigenvalue weighted by molar-refractivity contribution is 0.0974. The van der Waals surface area contributed by atoms with Crippen LogP contribution in [-0.2, 0) is 16.4 Å². The van der Waals surface area contributed by atoms with E-state index in [-0.39, 0.29) is 75.2 Å². The molecule has 0 aliphatic carbocycles. The highest BCUT2D eigenvalue weighted by Gasteiger charge is 2.48. The third-order valence-electron chi connectivity index (χ3n) is 7.91. The van der Waals surface area contributed by atoms with Crippen LogP contribution < -0.4 is 15.0 Å². The van der Waals surface area contributed by atoms with Gasteiger partial charge in [-0.05, 0) is 60.7 Å². The monoisotopic (exact) mass is 653 g/mol. The maximum Gasteiger partial charge on any atom is 0.281 e. The average molecular weight is 654 g/mol. The first kappa shape index (κ1) is 31.2. The van der Waals surface area contributed by atoms with Gasteiger partial charge in [-0.15, -0.1) is 0 Å². The Labute approximate surface area is 263 Å². The lowest BCUT2D eigenvalue weighted by Crippen LogP contribution is -2.41. The van der Waals surface area contributed by atoms with Gasteiger partial charge in [0.1, 0.15) is 41.4 Å². The van der Waals surface area contributed by atoms with Crippen molar-refractivity contribution in [3.8, 4) is 11.5 Å². The largest absolute Gasteiger partial charge is 0.506 e. The highest BCUT2D eigenvalue weighted by atomic mass is 32.2. The van der Waals surface area contributed by atoms with Gasteiger partial charge in [0.25, 0.3) is 5.91 Å². The van der Waals surface area contributed by atoms with Crippen LogP contribution in [0.3, 0.4) is 0 Å². The second kappa shape index (κ2) is 11.2. The number of aromatic nitrogens is 1. The number of ether oxygens (including phenoxy) is 1. The Kier molecular flexibility index (Phi) is 7.62. The summed E-state index contributed by atoms with van der Waals surface area (Å²) in [7, 11) is -4.14. The van der Waals surface area contributed by atoms with E-state index in [1.807, 2.05) is 0 Å². The van der Waals surface area contributed by atoms with Crippen LogP contribution in [-0.4, -0.2) is 30.2 Å². The van der Waals surface area contributed by atoms with E-state index in [4.69, 9.17) is 9.15 Å². The molecule has 1 unspecified atom stereocenters. The molecule has 1 aromatic heterocycles. The van der Waals surface area contributed by atoms with Crippen molar-refractivity contribution in [1.82, 2.24) is 4.98 Å². The number of para-hydroxylation sites is 1. The van der Waals surface area contributed by atoms with Crippen LogP contribution in [0, 0.1) is 36.7 Å². The molecule has 2 aliphatic heterocycles. The molecule has 6 rings (SSSR count). The number of carbonyl (C=O) groups excluding carboxylic acids is 1. The molecular formula is C33H30F3N3O6S. The summed E-state index contributed by atoms with van der Waals surface area (Å²) in [5, 5.41) is 14.0. The van der Waals surface area contributed by atoms with Crippen LogP contribution in [0.1, 0.15) is 59.6 Å². The number of hydrogen-bond acceptors (Lipinski definition) is 8. The molecule has 9 nitrogen and oxygen atoms in total. The number of benzene rings is 3. The van der Waals surface area contributed by atoms with E-state index in [1.165, 1.54) is 43.3 Å². The van der Waals surface area contributed by atoms with E-state index >= 15 is 4.39 Å². The van der Waals surface area contributed by atoms with Crippen LogP contribution in [0.25, 0.3) is 0 Å². The molecule has 2 N–H and O–H groups in total. The van der Waals surface area contributed by atoms with E-state index < -0.39 is 44.7 Å². The number of nitrogens with zero attached hydrogens (tertiary/aromatic N) is 2. The molecule has 3 heterocycles. The molecule has 13 heteroatoms. The smallest absolute Gasteiger partial charge is 0.281 e. The maximum atomic E-state index is 16.3. The minimum absolute atomic E-state index is 0.0264. The topological polar surface area (TPSA) is 122 Å². The molecule has 0 saturated carbocycles. The molecule has 0 saturated heterocycles. The maximum absolute atomic E-state index is 16.3. The summed E-state index contributed by atoms with van der Waals surface area (Å²) < 4.78 is 82.7. The zero-order valence-electron chi connectivity index (χ0n) is 25.3. The first-order valence-corrected chi connectivity index (χ1v) is 16.0. The molecule has 46 heavy (non-hydrogen) atoms. The minimum atomic E-state index is -4.14. The Balaban J connectivity index is 1.54. The second-order valence-corrected chi connectivity index (χ2v) is 14.1. The number of aryl methyl sites for hydroxylation is 2. The van der Waals surface area contributed by atoms with Crippen molar-refractivity contribution >= 4 is 27.1 Å². The number of phenolic OH excluding ortho intramolecular Hbond substituents is 1. The highest BCUT2D eigenvalue weighted by molar-refractivity contribution is 7.95. The Morgan fingerprint density at radius 1 is 1.09 bits per heavy atom.